The van der Waals surface area contributed by atoms with Crippen molar-refractivity contribution in [2.24, 2.45) is 0 Å². The minimum atomic E-state index is 0.288. The summed E-state index contributed by atoms with van der Waals surface area (Å²) in [7, 11) is 0. The van der Waals surface area contributed by atoms with Crippen LogP contribution in [0.15, 0.2) is 55.2 Å². The van der Waals surface area contributed by atoms with Crippen LogP contribution < -0.4 is 5.32 Å². The highest BCUT2D eigenvalue weighted by Crippen LogP contribution is 2.32. The van der Waals surface area contributed by atoms with Crippen LogP contribution in [0.1, 0.15) is 35.8 Å². The van der Waals surface area contributed by atoms with E-state index in [0.29, 0.717) is 11.5 Å². The molecule has 27 heavy (non-hydrogen) atoms. The Balaban J connectivity index is 1.43. The van der Waals surface area contributed by atoms with Gasteiger partial charge in [-0.05, 0) is 49.2 Å². The van der Waals surface area contributed by atoms with Gasteiger partial charge < -0.3 is 5.32 Å². The SMILES string of the molecule is N#Cc1ccc(Nc2cnc(C3CCCN3Cc3ccncc3)cn2)cn1. The average molecular weight is 357 g/mol. The van der Waals surface area contributed by atoms with Gasteiger partial charge >= 0.3 is 0 Å². The van der Waals surface area contributed by atoms with Gasteiger partial charge in [0.15, 0.2) is 0 Å². The van der Waals surface area contributed by atoms with Gasteiger partial charge in [-0.2, -0.15) is 5.26 Å². The van der Waals surface area contributed by atoms with E-state index in [-0.39, 0.29) is 6.04 Å². The largest absolute Gasteiger partial charge is 0.338 e. The number of nitriles is 1. The van der Waals surface area contributed by atoms with E-state index in [4.69, 9.17) is 5.26 Å². The highest BCUT2D eigenvalue weighted by Gasteiger charge is 2.27. The van der Waals surface area contributed by atoms with Crippen molar-refractivity contribution in [2.45, 2.75) is 25.4 Å². The average Bonchev–Trinajstić information content (AvgIpc) is 3.18. The quantitative estimate of drug-likeness (QED) is 0.749. The maximum Gasteiger partial charge on any atom is 0.148 e. The second-order valence-electron chi connectivity index (χ2n) is 6.48. The van der Waals surface area contributed by atoms with Crippen molar-refractivity contribution < 1.29 is 0 Å². The molecule has 3 aromatic rings. The van der Waals surface area contributed by atoms with E-state index in [9.17, 15) is 0 Å². The number of anilines is 2. The lowest BCUT2D eigenvalue weighted by atomic mass is 10.1. The minimum absolute atomic E-state index is 0.288. The van der Waals surface area contributed by atoms with Crippen molar-refractivity contribution in [1.82, 2.24) is 24.8 Å². The molecule has 0 aliphatic carbocycles. The molecule has 134 valence electrons. The van der Waals surface area contributed by atoms with Gasteiger partial charge in [-0.3, -0.25) is 14.9 Å². The van der Waals surface area contributed by atoms with Gasteiger partial charge in [0.2, 0.25) is 0 Å². The fourth-order valence-electron chi connectivity index (χ4n) is 3.33. The molecule has 1 unspecified atom stereocenters. The van der Waals surface area contributed by atoms with Crippen molar-refractivity contribution in [3.8, 4) is 6.07 Å². The lowest BCUT2D eigenvalue weighted by Crippen LogP contribution is -2.23. The summed E-state index contributed by atoms with van der Waals surface area (Å²) in [6, 6.07) is 9.87. The number of aromatic nitrogens is 4. The summed E-state index contributed by atoms with van der Waals surface area (Å²) in [5.41, 5.74) is 3.41. The molecule has 0 aromatic carbocycles. The molecule has 1 N–H and O–H groups in total. The van der Waals surface area contributed by atoms with Gasteiger partial charge in [-0.25, -0.2) is 9.97 Å². The van der Waals surface area contributed by atoms with E-state index >= 15 is 0 Å². The topological polar surface area (TPSA) is 90.6 Å². The number of hydrogen-bond acceptors (Lipinski definition) is 7. The highest BCUT2D eigenvalue weighted by molar-refractivity contribution is 5.54. The van der Waals surface area contributed by atoms with Crippen LogP contribution in [0.2, 0.25) is 0 Å². The summed E-state index contributed by atoms with van der Waals surface area (Å²) in [5.74, 6) is 0.656. The number of nitrogens with one attached hydrogen (secondary N) is 1. The van der Waals surface area contributed by atoms with Crippen molar-refractivity contribution in [2.75, 3.05) is 11.9 Å². The van der Waals surface area contributed by atoms with Gasteiger partial charge in [-0.1, -0.05) is 0 Å². The predicted octanol–water partition coefficient (Wildman–Crippen LogP) is 3.22. The molecule has 1 aliphatic rings. The monoisotopic (exact) mass is 357 g/mol. The van der Waals surface area contributed by atoms with Crippen LogP contribution in [0, 0.1) is 11.3 Å². The standard InChI is InChI=1S/C20H19N7/c21-10-16-3-4-17(11-23-16)26-20-13-24-18(12-25-20)19-2-1-9-27(19)14-15-5-7-22-8-6-15/h3-8,11-13,19H,1-2,9,14H2,(H,25,26). The van der Waals surface area contributed by atoms with Crippen LogP contribution in [0.4, 0.5) is 11.5 Å². The molecule has 1 aliphatic heterocycles. The molecule has 7 heteroatoms. The molecule has 0 amide bonds. The first kappa shape index (κ1) is 17.1. The number of rotatable bonds is 5. The summed E-state index contributed by atoms with van der Waals surface area (Å²) in [6.07, 6.45) is 11.1. The summed E-state index contributed by atoms with van der Waals surface area (Å²) in [6.45, 7) is 1.96. The Morgan fingerprint density at radius 1 is 1.07 bits per heavy atom. The van der Waals surface area contributed by atoms with Crippen LogP contribution >= 0.6 is 0 Å². The number of hydrogen-bond donors (Lipinski definition) is 1. The van der Waals surface area contributed by atoms with Gasteiger partial charge in [0.1, 0.15) is 17.6 Å². The lowest BCUT2D eigenvalue weighted by molar-refractivity contribution is 0.244. The lowest BCUT2D eigenvalue weighted by Gasteiger charge is -2.23. The van der Waals surface area contributed by atoms with Crippen LogP contribution in [0.3, 0.4) is 0 Å². The molecular formula is C20H19N7. The van der Waals surface area contributed by atoms with E-state index in [1.807, 2.05) is 24.7 Å². The van der Waals surface area contributed by atoms with Crippen molar-refractivity contribution in [3.05, 3.63) is 72.2 Å². The molecule has 0 bridgehead atoms. The first-order valence-electron chi connectivity index (χ1n) is 8.90. The Hall–Kier alpha value is -3.37. The molecule has 4 heterocycles. The molecule has 1 atom stereocenters. The van der Waals surface area contributed by atoms with E-state index in [1.165, 1.54) is 5.56 Å². The third-order valence-corrected chi connectivity index (χ3v) is 4.66. The van der Waals surface area contributed by atoms with Crippen LogP contribution in [-0.2, 0) is 6.54 Å². The summed E-state index contributed by atoms with van der Waals surface area (Å²) in [5, 5.41) is 12.0. The van der Waals surface area contributed by atoms with Gasteiger partial charge in [0, 0.05) is 18.9 Å². The molecule has 3 aromatic heterocycles. The second kappa shape index (κ2) is 7.89. The Kier molecular flexibility index (Phi) is 4.99. The smallest absolute Gasteiger partial charge is 0.148 e. The van der Waals surface area contributed by atoms with E-state index in [2.05, 4.69) is 42.3 Å². The maximum absolute atomic E-state index is 8.80. The summed E-state index contributed by atoms with van der Waals surface area (Å²) < 4.78 is 0. The third kappa shape index (κ3) is 4.07. The Labute approximate surface area is 157 Å². The summed E-state index contributed by atoms with van der Waals surface area (Å²) in [4.78, 5) is 19.7. The molecule has 1 saturated heterocycles. The molecule has 0 radical (unpaired) electrons. The van der Waals surface area contributed by atoms with Crippen LogP contribution in [0.5, 0.6) is 0 Å². The fraction of sp³-hybridized carbons (Fsp3) is 0.250. The molecule has 0 saturated carbocycles. The van der Waals surface area contributed by atoms with Crippen molar-refractivity contribution in [3.63, 3.8) is 0 Å². The van der Waals surface area contributed by atoms with Gasteiger partial charge in [-0.15, -0.1) is 0 Å². The minimum Gasteiger partial charge on any atom is -0.338 e. The number of nitrogens with zero attached hydrogens (tertiary/aromatic N) is 6. The van der Waals surface area contributed by atoms with Crippen LogP contribution in [0.25, 0.3) is 0 Å². The molecule has 7 nitrogen and oxygen atoms in total. The first-order chi connectivity index (χ1) is 13.3. The summed E-state index contributed by atoms with van der Waals surface area (Å²) >= 11 is 0. The second-order valence-corrected chi connectivity index (χ2v) is 6.48. The molecule has 0 spiro atoms. The highest BCUT2D eigenvalue weighted by atomic mass is 15.2. The molecular weight excluding hydrogens is 338 g/mol. The van der Waals surface area contributed by atoms with Crippen molar-refractivity contribution >= 4 is 11.5 Å². The van der Waals surface area contributed by atoms with Gasteiger partial charge in [0.05, 0.1) is 36.0 Å². The first-order valence-corrected chi connectivity index (χ1v) is 8.90. The fourth-order valence-corrected chi connectivity index (χ4v) is 3.33. The zero-order valence-corrected chi connectivity index (χ0v) is 14.8. The normalized spacial score (nSPS) is 16.8. The Morgan fingerprint density at radius 2 is 1.96 bits per heavy atom. The Morgan fingerprint density at radius 3 is 2.67 bits per heavy atom. The number of likely N-dealkylation sites (tertiary alicyclic amines) is 1. The van der Waals surface area contributed by atoms with Crippen LogP contribution in [-0.4, -0.2) is 31.4 Å². The van der Waals surface area contributed by atoms with Gasteiger partial charge in [0.25, 0.3) is 0 Å². The molecule has 1 fully saturated rings. The zero-order valence-electron chi connectivity index (χ0n) is 14.8. The maximum atomic E-state index is 8.80. The van der Waals surface area contributed by atoms with Crippen molar-refractivity contribution in [1.29, 1.82) is 5.26 Å². The number of pyridine rings is 2. The Bertz CT molecular complexity index is 917. The zero-order chi connectivity index (χ0) is 18.5. The molecule has 4 rings (SSSR count). The third-order valence-electron chi connectivity index (χ3n) is 4.66. The van der Waals surface area contributed by atoms with E-state index in [1.54, 1.807) is 24.5 Å². The van der Waals surface area contributed by atoms with E-state index < -0.39 is 0 Å². The predicted molar refractivity (Wildman–Crippen MR) is 101 cm³/mol. The van der Waals surface area contributed by atoms with E-state index in [0.717, 1.165) is 37.3 Å².